The van der Waals surface area contributed by atoms with Gasteiger partial charge in [0.15, 0.2) is 0 Å². The maximum atomic E-state index is 13.0. The zero-order valence-electron chi connectivity index (χ0n) is 12.7. The van der Waals surface area contributed by atoms with E-state index in [2.05, 4.69) is 10.2 Å². The summed E-state index contributed by atoms with van der Waals surface area (Å²) < 4.78 is 5.35. The lowest BCUT2D eigenvalue weighted by Crippen LogP contribution is -2.52. The van der Waals surface area contributed by atoms with E-state index < -0.39 is 0 Å². The van der Waals surface area contributed by atoms with Crippen LogP contribution in [0.2, 0.25) is 0 Å². The van der Waals surface area contributed by atoms with Gasteiger partial charge in [0.1, 0.15) is 5.75 Å². The van der Waals surface area contributed by atoms with Gasteiger partial charge in [-0.15, -0.1) is 0 Å². The number of carbonyl (C=O) groups is 1. The Kier molecular flexibility index (Phi) is 4.44. The Labute approximate surface area is 126 Å². The largest absolute Gasteiger partial charge is 0.496 e. The van der Waals surface area contributed by atoms with Crippen molar-refractivity contribution >= 4 is 5.91 Å². The molecule has 0 bridgehead atoms. The molecule has 2 unspecified atom stereocenters. The number of amides is 1. The van der Waals surface area contributed by atoms with Gasteiger partial charge < -0.3 is 15.0 Å². The molecule has 0 radical (unpaired) electrons. The fourth-order valence-electron chi connectivity index (χ4n) is 3.64. The number of rotatable bonds is 3. The summed E-state index contributed by atoms with van der Waals surface area (Å²) in [5, 5.41) is 3.57. The minimum absolute atomic E-state index is 0.117. The average molecular weight is 288 g/mol. The van der Waals surface area contributed by atoms with Crippen LogP contribution in [0.25, 0.3) is 0 Å². The Morgan fingerprint density at radius 3 is 2.86 bits per heavy atom. The van der Waals surface area contributed by atoms with E-state index >= 15 is 0 Å². The summed E-state index contributed by atoms with van der Waals surface area (Å²) >= 11 is 0. The van der Waals surface area contributed by atoms with Crippen molar-refractivity contribution in [2.45, 2.75) is 44.2 Å². The minimum atomic E-state index is 0.117. The number of nitrogens with one attached hydrogen (secondary N) is 1. The molecule has 2 atom stereocenters. The molecule has 1 aromatic rings. The molecule has 2 fully saturated rings. The average Bonchev–Trinajstić information content (AvgIpc) is 3.08. The molecular weight excluding hydrogens is 264 g/mol. The van der Waals surface area contributed by atoms with Gasteiger partial charge in [0, 0.05) is 18.6 Å². The molecule has 1 aromatic carbocycles. The van der Waals surface area contributed by atoms with Gasteiger partial charge in [-0.25, -0.2) is 0 Å². The van der Waals surface area contributed by atoms with Crippen LogP contribution in [0.15, 0.2) is 24.3 Å². The third-order valence-electron chi connectivity index (χ3n) is 4.71. The molecular formula is C17H24N2O2. The maximum Gasteiger partial charge on any atom is 0.257 e. The van der Waals surface area contributed by atoms with Gasteiger partial charge in [0.2, 0.25) is 0 Å². The van der Waals surface area contributed by atoms with Crippen molar-refractivity contribution in [3.63, 3.8) is 0 Å². The first-order valence-corrected chi connectivity index (χ1v) is 7.98. The van der Waals surface area contributed by atoms with E-state index in [0.29, 0.717) is 23.4 Å². The zero-order chi connectivity index (χ0) is 14.7. The molecule has 0 aromatic heterocycles. The second-order valence-electron chi connectivity index (χ2n) is 5.96. The second kappa shape index (κ2) is 6.48. The van der Waals surface area contributed by atoms with Crippen molar-refractivity contribution in [2.75, 3.05) is 20.2 Å². The topological polar surface area (TPSA) is 41.6 Å². The SMILES string of the molecule is COc1ccccc1C(=O)N1CCCCC1C1CCCN1. The first-order valence-electron chi connectivity index (χ1n) is 7.98. The summed E-state index contributed by atoms with van der Waals surface area (Å²) in [6.07, 6.45) is 5.83. The Balaban J connectivity index is 1.83. The summed E-state index contributed by atoms with van der Waals surface area (Å²) in [4.78, 5) is 15.0. The van der Waals surface area contributed by atoms with Gasteiger partial charge >= 0.3 is 0 Å². The molecule has 2 saturated heterocycles. The van der Waals surface area contributed by atoms with Gasteiger partial charge in [-0.3, -0.25) is 4.79 Å². The van der Waals surface area contributed by atoms with E-state index in [9.17, 15) is 4.79 Å². The number of para-hydroxylation sites is 1. The highest BCUT2D eigenvalue weighted by molar-refractivity contribution is 5.97. The molecule has 2 aliphatic heterocycles. The normalized spacial score (nSPS) is 25.9. The standard InChI is InChI=1S/C17H24N2O2/c1-21-16-10-3-2-7-13(16)17(20)19-12-5-4-9-15(19)14-8-6-11-18-14/h2-3,7,10,14-15,18H,4-6,8-9,11-12H2,1H3. The van der Waals surface area contributed by atoms with Crippen molar-refractivity contribution in [1.82, 2.24) is 10.2 Å². The van der Waals surface area contributed by atoms with Crippen LogP contribution in [-0.4, -0.2) is 43.1 Å². The Hall–Kier alpha value is -1.55. The van der Waals surface area contributed by atoms with Gasteiger partial charge in [-0.05, 0) is 50.8 Å². The number of hydrogen-bond donors (Lipinski definition) is 1. The van der Waals surface area contributed by atoms with Crippen LogP contribution in [0.5, 0.6) is 5.75 Å². The fraction of sp³-hybridized carbons (Fsp3) is 0.588. The number of likely N-dealkylation sites (tertiary alicyclic amines) is 1. The molecule has 0 aliphatic carbocycles. The molecule has 2 heterocycles. The van der Waals surface area contributed by atoms with Crippen molar-refractivity contribution < 1.29 is 9.53 Å². The number of methoxy groups -OCH3 is 1. The van der Waals surface area contributed by atoms with Crippen LogP contribution >= 0.6 is 0 Å². The molecule has 0 spiro atoms. The van der Waals surface area contributed by atoms with Crippen LogP contribution < -0.4 is 10.1 Å². The summed E-state index contributed by atoms with van der Waals surface area (Å²) in [5.74, 6) is 0.789. The lowest BCUT2D eigenvalue weighted by molar-refractivity contribution is 0.0560. The van der Waals surface area contributed by atoms with Gasteiger partial charge in [0.25, 0.3) is 5.91 Å². The van der Waals surface area contributed by atoms with Crippen molar-refractivity contribution in [2.24, 2.45) is 0 Å². The van der Waals surface area contributed by atoms with E-state index in [4.69, 9.17) is 4.74 Å². The lowest BCUT2D eigenvalue weighted by Gasteiger charge is -2.39. The number of piperidine rings is 1. The lowest BCUT2D eigenvalue weighted by atomic mass is 9.93. The summed E-state index contributed by atoms with van der Waals surface area (Å²) in [5.41, 5.74) is 0.685. The minimum Gasteiger partial charge on any atom is -0.496 e. The van der Waals surface area contributed by atoms with Gasteiger partial charge in [-0.2, -0.15) is 0 Å². The molecule has 0 saturated carbocycles. The molecule has 1 amide bonds. The molecule has 21 heavy (non-hydrogen) atoms. The van der Waals surface area contributed by atoms with E-state index in [-0.39, 0.29) is 5.91 Å². The van der Waals surface area contributed by atoms with E-state index in [1.165, 1.54) is 19.3 Å². The number of ether oxygens (including phenoxy) is 1. The third-order valence-corrected chi connectivity index (χ3v) is 4.71. The quantitative estimate of drug-likeness (QED) is 0.929. The first kappa shape index (κ1) is 14.4. The zero-order valence-corrected chi connectivity index (χ0v) is 12.7. The number of hydrogen-bond acceptors (Lipinski definition) is 3. The molecule has 3 rings (SSSR count). The van der Waals surface area contributed by atoms with Crippen molar-refractivity contribution in [3.05, 3.63) is 29.8 Å². The monoisotopic (exact) mass is 288 g/mol. The van der Waals surface area contributed by atoms with Crippen LogP contribution in [0.1, 0.15) is 42.5 Å². The number of benzene rings is 1. The van der Waals surface area contributed by atoms with Crippen LogP contribution in [-0.2, 0) is 0 Å². The summed E-state index contributed by atoms with van der Waals surface area (Å²) in [6, 6.07) is 8.34. The highest BCUT2D eigenvalue weighted by Crippen LogP contribution is 2.28. The van der Waals surface area contributed by atoms with Crippen LogP contribution in [0.3, 0.4) is 0 Å². The Morgan fingerprint density at radius 2 is 2.10 bits per heavy atom. The summed E-state index contributed by atoms with van der Waals surface area (Å²) in [7, 11) is 1.62. The molecule has 4 nitrogen and oxygen atoms in total. The van der Waals surface area contributed by atoms with Crippen molar-refractivity contribution in [3.8, 4) is 5.75 Å². The highest BCUT2D eigenvalue weighted by atomic mass is 16.5. The molecule has 1 N–H and O–H groups in total. The molecule has 2 aliphatic rings. The third kappa shape index (κ3) is 2.91. The highest BCUT2D eigenvalue weighted by Gasteiger charge is 2.35. The molecule has 114 valence electrons. The van der Waals surface area contributed by atoms with E-state index in [1.807, 2.05) is 24.3 Å². The predicted molar refractivity (Wildman–Crippen MR) is 82.7 cm³/mol. The number of nitrogens with zero attached hydrogens (tertiary/aromatic N) is 1. The van der Waals surface area contributed by atoms with Crippen molar-refractivity contribution in [1.29, 1.82) is 0 Å². The Bertz CT molecular complexity index is 497. The molecule has 4 heteroatoms. The van der Waals surface area contributed by atoms with Gasteiger partial charge in [-0.1, -0.05) is 12.1 Å². The second-order valence-corrected chi connectivity index (χ2v) is 5.96. The van der Waals surface area contributed by atoms with Crippen LogP contribution in [0.4, 0.5) is 0 Å². The predicted octanol–water partition coefficient (Wildman–Crippen LogP) is 2.44. The maximum absolute atomic E-state index is 13.0. The Morgan fingerprint density at radius 1 is 1.24 bits per heavy atom. The number of carbonyl (C=O) groups excluding carboxylic acids is 1. The smallest absolute Gasteiger partial charge is 0.257 e. The van der Waals surface area contributed by atoms with Crippen LogP contribution in [0, 0.1) is 0 Å². The van der Waals surface area contributed by atoms with E-state index in [1.54, 1.807) is 7.11 Å². The fourth-order valence-corrected chi connectivity index (χ4v) is 3.64. The van der Waals surface area contributed by atoms with Gasteiger partial charge in [0.05, 0.1) is 12.7 Å². The summed E-state index contributed by atoms with van der Waals surface area (Å²) in [6.45, 7) is 1.94. The first-order chi connectivity index (χ1) is 10.3. The van der Waals surface area contributed by atoms with E-state index in [0.717, 1.165) is 25.9 Å².